The fourth-order valence-corrected chi connectivity index (χ4v) is 3.10. The Morgan fingerprint density at radius 3 is 3.12 bits per heavy atom. The Morgan fingerprint density at radius 2 is 2.47 bits per heavy atom. The first-order valence-electron chi connectivity index (χ1n) is 5.80. The van der Waals surface area contributed by atoms with Crippen LogP contribution in [0.1, 0.15) is 29.6 Å². The monoisotopic (exact) mass is 319 g/mol. The Labute approximate surface area is 114 Å². The van der Waals surface area contributed by atoms with Crippen LogP contribution in [-0.2, 0) is 0 Å². The molecular formula is C12H15BrClNO2. The van der Waals surface area contributed by atoms with Gasteiger partial charge in [0.2, 0.25) is 5.22 Å². The molecule has 1 atom stereocenters. The van der Waals surface area contributed by atoms with Crippen molar-refractivity contribution in [3.05, 3.63) is 23.1 Å². The lowest BCUT2D eigenvalue weighted by atomic mass is 9.95. The van der Waals surface area contributed by atoms with Gasteiger partial charge in [-0.25, -0.2) is 0 Å². The number of carbonyl (C=O) groups excluding carboxylic acids is 1. The van der Waals surface area contributed by atoms with Crippen molar-refractivity contribution >= 4 is 33.4 Å². The van der Waals surface area contributed by atoms with E-state index in [1.54, 1.807) is 6.07 Å². The predicted octanol–water partition coefficient (Wildman–Crippen LogP) is 3.57. The average molecular weight is 321 g/mol. The van der Waals surface area contributed by atoms with E-state index in [9.17, 15) is 4.79 Å². The summed E-state index contributed by atoms with van der Waals surface area (Å²) in [7, 11) is 0. The van der Waals surface area contributed by atoms with Crippen molar-refractivity contribution in [1.29, 1.82) is 0 Å². The molecule has 2 rings (SSSR count). The normalized spacial score (nSPS) is 20.6. The summed E-state index contributed by atoms with van der Waals surface area (Å²) < 4.78 is 4.96. The first-order valence-corrected chi connectivity index (χ1v) is 7.30. The van der Waals surface area contributed by atoms with Gasteiger partial charge in [0.25, 0.3) is 5.91 Å². The molecule has 0 aromatic carbocycles. The Kier molecular flexibility index (Phi) is 4.51. The third-order valence-electron chi connectivity index (χ3n) is 3.17. The first kappa shape index (κ1) is 13.0. The highest BCUT2D eigenvalue weighted by Crippen LogP contribution is 2.24. The first-order chi connectivity index (χ1) is 8.22. The van der Waals surface area contributed by atoms with E-state index >= 15 is 0 Å². The molecule has 1 amide bonds. The van der Waals surface area contributed by atoms with Crippen LogP contribution in [0.4, 0.5) is 0 Å². The fourth-order valence-electron chi connectivity index (χ4n) is 2.26. The zero-order valence-electron chi connectivity index (χ0n) is 9.49. The number of rotatable bonds is 3. The van der Waals surface area contributed by atoms with E-state index < -0.39 is 0 Å². The summed E-state index contributed by atoms with van der Waals surface area (Å²) in [6.07, 6.45) is 4.84. The molecule has 0 bridgehead atoms. The van der Waals surface area contributed by atoms with Crippen LogP contribution < -0.4 is 0 Å². The third kappa shape index (κ3) is 3.05. The van der Waals surface area contributed by atoms with Crippen LogP contribution in [0.2, 0.25) is 5.22 Å². The lowest BCUT2D eigenvalue weighted by molar-refractivity contribution is 0.0671. The second-order valence-electron chi connectivity index (χ2n) is 4.35. The highest BCUT2D eigenvalue weighted by molar-refractivity contribution is 9.09. The number of piperidine rings is 1. The number of alkyl halides is 1. The number of furan rings is 1. The molecule has 0 N–H and O–H groups in total. The average Bonchev–Trinajstić information content (AvgIpc) is 2.75. The van der Waals surface area contributed by atoms with Crippen molar-refractivity contribution in [1.82, 2.24) is 4.90 Å². The minimum Gasteiger partial charge on any atom is -0.452 e. The molecule has 1 aromatic rings. The number of hydrogen-bond acceptors (Lipinski definition) is 2. The van der Waals surface area contributed by atoms with Gasteiger partial charge in [-0.1, -0.05) is 15.9 Å². The van der Waals surface area contributed by atoms with Gasteiger partial charge in [0.1, 0.15) is 0 Å². The Balaban J connectivity index is 2.02. The van der Waals surface area contributed by atoms with Crippen LogP contribution in [0.3, 0.4) is 0 Å². The van der Waals surface area contributed by atoms with Crippen molar-refractivity contribution < 1.29 is 9.21 Å². The number of likely N-dealkylation sites (tertiary alicyclic amines) is 1. The molecule has 3 nitrogen and oxygen atoms in total. The summed E-state index contributed by atoms with van der Waals surface area (Å²) >= 11 is 9.28. The summed E-state index contributed by atoms with van der Waals surface area (Å²) in [5.74, 6) is 0.584. The van der Waals surface area contributed by atoms with E-state index in [0.717, 1.165) is 31.3 Å². The fraction of sp³-hybridized carbons (Fsp3) is 0.583. The zero-order valence-corrected chi connectivity index (χ0v) is 11.8. The molecule has 1 saturated heterocycles. The van der Waals surface area contributed by atoms with Gasteiger partial charge in [-0.2, -0.15) is 0 Å². The molecule has 0 spiro atoms. The van der Waals surface area contributed by atoms with Crippen molar-refractivity contribution in [2.45, 2.75) is 19.3 Å². The van der Waals surface area contributed by atoms with Crippen LogP contribution in [0.25, 0.3) is 0 Å². The zero-order chi connectivity index (χ0) is 12.3. The minimum absolute atomic E-state index is 0.0111. The van der Waals surface area contributed by atoms with Crippen LogP contribution in [0.5, 0.6) is 0 Å². The van der Waals surface area contributed by atoms with E-state index in [-0.39, 0.29) is 11.1 Å². The summed E-state index contributed by atoms with van der Waals surface area (Å²) in [6.45, 7) is 1.64. The summed E-state index contributed by atoms with van der Waals surface area (Å²) in [6, 6.07) is 1.64. The van der Waals surface area contributed by atoms with E-state index in [1.807, 2.05) is 4.90 Å². The van der Waals surface area contributed by atoms with Crippen LogP contribution in [-0.4, -0.2) is 29.2 Å². The molecular weight excluding hydrogens is 305 g/mol. The Morgan fingerprint density at radius 1 is 1.65 bits per heavy atom. The standard InChI is InChI=1S/C12H15BrClNO2/c13-5-3-9-2-1-6-15(8-9)12(16)10-4-7-17-11(10)14/h4,7,9H,1-3,5-6,8H2. The van der Waals surface area contributed by atoms with Crippen molar-refractivity contribution in [3.63, 3.8) is 0 Å². The molecule has 0 aliphatic carbocycles. The Bertz CT molecular complexity index is 392. The van der Waals surface area contributed by atoms with Crippen molar-refractivity contribution in [2.75, 3.05) is 18.4 Å². The van der Waals surface area contributed by atoms with Gasteiger partial charge < -0.3 is 9.32 Å². The van der Waals surface area contributed by atoms with Gasteiger partial charge in [-0.15, -0.1) is 0 Å². The number of carbonyl (C=O) groups is 1. The van der Waals surface area contributed by atoms with Crippen molar-refractivity contribution in [2.24, 2.45) is 5.92 Å². The molecule has 94 valence electrons. The van der Waals surface area contributed by atoms with E-state index in [1.165, 1.54) is 12.7 Å². The number of amides is 1. The summed E-state index contributed by atoms with van der Waals surface area (Å²) in [5.41, 5.74) is 0.478. The summed E-state index contributed by atoms with van der Waals surface area (Å²) in [4.78, 5) is 14.1. The van der Waals surface area contributed by atoms with Gasteiger partial charge in [-0.05, 0) is 42.8 Å². The maximum atomic E-state index is 12.2. The largest absolute Gasteiger partial charge is 0.452 e. The molecule has 1 fully saturated rings. The molecule has 1 aliphatic rings. The van der Waals surface area contributed by atoms with E-state index in [2.05, 4.69) is 15.9 Å². The minimum atomic E-state index is -0.0111. The Hall–Kier alpha value is -0.480. The summed E-state index contributed by atoms with van der Waals surface area (Å²) in [5, 5.41) is 1.18. The van der Waals surface area contributed by atoms with Gasteiger partial charge in [-0.3, -0.25) is 4.79 Å². The SMILES string of the molecule is O=C(c1ccoc1Cl)N1CCCC(CCBr)C1. The molecule has 0 saturated carbocycles. The number of nitrogens with zero attached hydrogens (tertiary/aromatic N) is 1. The highest BCUT2D eigenvalue weighted by Gasteiger charge is 2.26. The third-order valence-corrected chi connectivity index (χ3v) is 3.92. The van der Waals surface area contributed by atoms with Crippen LogP contribution in [0.15, 0.2) is 16.7 Å². The molecule has 1 aliphatic heterocycles. The molecule has 1 unspecified atom stereocenters. The molecule has 1 aromatic heterocycles. The lowest BCUT2D eigenvalue weighted by Crippen LogP contribution is -2.40. The molecule has 0 radical (unpaired) electrons. The number of hydrogen-bond donors (Lipinski definition) is 0. The lowest BCUT2D eigenvalue weighted by Gasteiger charge is -2.32. The van der Waals surface area contributed by atoms with Crippen LogP contribution in [0, 0.1) is 5.92 Å². The van der Waals surface area contributed by atoms with Crippen LogP contribution >= 0.6 is 27.5 Å². The highest BCUT2D eigenvalue weighted by atomic mass is 79.9. The van der Waals surface area contributed by atoms with E-state index in [4.69, 9.17) is 16.0 Å². The maximum Gasteiger partial charge on any atom is 0.258 e. The van der Waals surface area contributed by atoms with Crippen molar-refractivity contribution in [3.8, 4) is 0 Å². The van der Waals surface area contributed by atoms with Gasteiger partial charge in [0, 0.05) is 18.4 Å². The topological polar surface area (TPSA) is 33.5 Å². The second kappa shape index (κ2) is 5.91. The maximum absolute atomic E-state index is 12.2. The van der Waals surface area contributed by atoms with Gasteiger partial charge in [0.15, 0.2) is 0 Å². The molecule has 2 heterocycles. The van der Waals surface area contributed by atoms with Gasteiger partial charge in [0.05, 0.1) is 11.8 Å². The quantitative estimate of drug-likeness (QED) is 0.798. The predicted molar refractivity (Wildman–Crippen MR) is 70.8 cm³/mol. The van der Waals surface area contributed by atoms with E-state index in [0.29, 0.717) is 11.5 Å². The molecule has 5 heteroatoms. The molecule has 17 heavy (non-hydrogen) atoms. The van der Waals surface area contributed by atoms with Gasteiger partial charge >= 0.3 is 0 Å². The number of halogens is 2. The smallest absolute Gasteiger partial charge is 0.258 e. The second-order valence-corrected chi connectivity index (χ2v) is 5.48.